The van der Waals surface area contributed by atoms with Crippen LogP contribution >= 0.6 is 0 Å². The molecule has 1 rings (SSSR count). The van der Waals surface area contributed by atoms with E-state index < -0.39 is 12.3 Å². The van der Waals surface area contributed by atoms with Gasteiger partial charge >= 0.3 is 6.16 Å². The number of carbonyl (C=O) groups excluding carboxylic acids is 1. The van der Waals surface area contributed by atoms with Gasteiger partial charge in [0.25, 0.3) is 0 Å². The predicted molar refractivity (Wildman–Crippen MR) is 74.6 cm³/mol. The first-order chi connectivity index (χ1) is 9.26. The van der Waals surface area contributed by atoms with E-state index in [-0.39, 0.29) is 0 Å². The molecular weight excluding hydrogens is 240 g/mol. The first kappa shape index (κ1) is 14.8. The van der Waals surface area contributed by atoms with Gasteiger partial charge in [-0.1, -0.05) is 36.1 Å². The lowest BCUT2D eigenvalue weighted by Crippen LogP contribution is -2.16. The van der Waals surface area contributed by atoms with Crippen LogP contribution in [0.2, 0.25) is 0 Å². The van der Waals surface area contributed by atoms with Crippen LogP contribution in [0.5, 0.6) is 0 Å². The van der Waals surface area contributed by atoms with Gasteiger partial charge in [-0.3, -0.25) is 0 Å². The minimum absolute atomic E-state index is 0.451. The Kier molecular flexibility index (Phi) is 6.89. The number of rotatable bonds is 5. The molecule has 0 fully saturated rings. The van der Waals surface area contributed by atoms with Crippen molar-refractivity contribution in [1.82, 2.24) is 0 Å². The van der Waals surface area contributed by atoms with Crippen LogP contribution in [0.3, 0.4) is 0 Å². The Labute approximate surface area is 114 Å². The van der Waals surface area contributed by atoms with Crippen LogP contribution < -0.4 is 0 Å². The van der Waals surface area contributed by atoms with Gasteiger partial charge in [0.1, 0.15) is 0 Å². The molecule has 0 radical (unpaired) electrons. The SMILES string of the molecule is C=CCCCC(C#Cc1ccccc1)OC(=O)OC. The van der Waals surface area contributed by atoms with Gasteiger partial charge in [0.05, 0.1) is 7.11 Å². The number of benzene rings is 1. The number of methoxy groups -OCH3 is 1. The number of unbranched alkanes of at least 4 members (excludes halogenated alkanes) is 1. The summed E-state index contributed by atoms with van der Waals surface area (Å²) in [4.78, 5) is 11.1. The summed E-state index contributed by atoms with van der Waals surface area (Å²) < 4.78 is 9.59. The Morgan fingerprint density at radius 1 is 1.42 bits per heavy atom. The molecule has 0 heterocycles. The van der Waals surface area contributed by atoms with E-state index in [4.69, 9.17) is 4.74 Å². The lowest BCUT2D eigenvalue weighted by molar-refractivity contribution is 0.0524. The molecule has 0 bridgehead atoms. The molecule has 0 amide bonds. The molecular formula is C16H18O3. The molecule has 1 unspecified atom stereocenters. The third-order valence-electron chi connectivity index (χ3n) is 2.43. The minimum Gasteiger partial charge on any atom is -0.438 e. The van der Waals surface area contributed by atoms with E-state index in [1.54, 1.807) is 0 Å². The highest BCUT2D eigenvalue weighted by molar-refractivity contribution is 5.60. The second kappa shape index (κ2) is 8.82. The van der Waals surface area contributed by atoms with Gasteiger partial charge in [0, 0.05) is 5.56 Å². The molecule has 1 aromatic rings. The zero-order chi connectivity index (χ0) is 13.9. The van der Waals surface area contributed by atoms with Crippen molar-refractivity contribution >= 4 is 6.16 Å². The molecule has 0 N–H and O–H groups in total. The van der Waals surface area contributed by atoms with Gasteiger partial charge < -0.3 is 9.47 Å². The highest BCUT2D eigenvalue weighted by Crippen LogP contribution is 2.06. The van der Waals surface area contributed by atoms with Crippen molar-refractivity contribution in [3.05, 3.63) is 48.6 Å². The molecule has 100 valence electrons. The van der Waals surface area contributed by atoms with Crippen molar-refractivity contribution in [3.63, 3.8) is 0 Å². The van der Waals surface area contributed by atoms with E-state index in [1.165, 1.54) is 7.11 Å². The van der Waals surface area contributed by atoms with Gasteiger partial charge in [-0.15, -0.1) is 6.58 Å². The highest BCUT2D eigenvalue weighted by Gasteiger charge is 2.11. The lowest BCUT2D eigenvalue weighted by atomic mass is 10.1. The summed E-state index contributed by atoms with van der Waals surface area (Å²) in [6.45, 7) is 3.66. The highest BCUT2D eigenvalue weighted by atomic mass is 16.7. The van der Waals surface area contributed by atoms with Crippen LogP contribution in [0.4, 0.5) is 4.79 Å². The van der Waals surface area contributed by atoms with Crippen molar-refractivity contribution in [1.29, 1.82) is 0 Å². The molecule has 3 heteroatoms. The first-order valence-corrected chi connectivity index (χ1v) is 6.18. The molecule has 19 heavy (non-hydrogen) atoms. The van der Waals surface area contributed by atoms with Gasteiger partial charge in [-0.25, -0.2) is 4.79 Å². The van der Waals surface area contributed by atoms with Crippen LogP contribution in [-0.4, -0.2) is 19.4 Å². The Morgan fingerprint density at radius 3 is 2.79 bits per heavy atom. The normalized spacial score (nSPS) is 10.8. The maximum Gasteiger partial charge on any atom is 0.509 e. The molecule has 3 nitrogen and oxygen atoms in total. The van der Waals surface area contributed by atoms with Gasteiger partial charge in [-0.05, 0) is 31.4 Å². The average Bonchev–Trinajstić information content (AvgIpc) is 2.45. The lowest BCUT2D eigenvalue weighted by Gasteiger charge is -2.10. The van der Waals surface area contributed by atoms with Crippen LogP contribution in [-0.2, 0) is 9.47 Å². The molecule has 0 saturated carbocycles. The monoisotopic (exact) mass is 258 g/mol. The van der Waals surface area contributed by atoms with Crippen LogP contribution in [0.15, 0.2) is 43.0 Å². The van der Waals surface area contributed by atoms with Gasteiger partial charge in [-0.2, -0.15) is 0 Å². The predicted octanol–water partition coefficient (Wildman–Crippen LogP) is 3.55. The second-order valence-corrected chi connectivity index (χ2v) is 3.92. The zero-order valence-corrected chi connectivity index (χ0v) is 11.1. The fourth-order valence-corrected chi connectivity index (χ4v) is 1.46. The molecule has 1 atom stereocenters. The van der Waals surface area contributed by atoms with Gasteiger partial charge in [0.15, 0.2) is 6.10 Å². The van der Waals surface area contributed by atoms with E-state index in [1.807, 2.05) is 36.4 Å². The molecule has 0 aliphatic carbocycles. The van der Waals surface area contributed by atoms with Crippen molar-refractivity contribution in [3.8, 4) is 11.8 Å². The summed E-state index contributed by atoms with van der Waals surface area (Å²) in [5.74, 6) is 5.95. The maximum atomic E-state index is 11.1. The standard InChI is InChI=1S/C16H18O3/c1-3-4-6-11-15(19-16(17)18-2)13-12-14-9-7-5-8-10-14/h3,5,7-10,15H,1,4,6,11H2,2H3. The molecule has 0 aliphatic rings. The second-order valence-electron chi connectivity index (χ2n) is 3.92. The van der Waals surface area contributed by atoms with E-state index in [0.717, 1.165) is 18.4 Å². The van der Waals surface area contributed by atoms with Crippen LogP contribution in [0, 0.1) is 11.8 Å². The summed E-state index contributed by atoms with van der Waals surface area (Å²) in [6, 6.07) is 9.57. The topological polar surface area (TPSA) is 35.5 Å². The van der Waals surface area contributed by atoms with E-state index in [9.17, 15) is 4.79 Å². The van der Waals surface area contributed by atoms with Crippen LogP contribution in [0.25, 0.3) is 0 Å². The quantitative estimate of drug-likeness (QED) is 0.351. The van der Waals surface area contributed by atoms with Crippen molar-refractivity contribution in [2.45, 2.75) is 25.4 Å². The first-order valence-electron chi connectivity index (χ1n) is 6.18. The summed E-state index contributed by atoms with van der Waals surface area (Å²) in [5, 5.41) is 0. The summed E-state index contributed by atoms with van der Waals surface area (Å²) in [6.07, 6.45) is 3.09. The largest absolute Gasteiger partial charge is 0.509 e. The Bertz CT molecular complexity index is 454. The van der Waals surface area contributed by atoms with Crippen molar-refractivity contribution in [2.24, 2.45) is 0 Å². The number of ether oxygens (including phenoxy) is 2. The third kappa shape index (κ3) is 6.32. The minimum atomic E-state index is -0.703. The molecule has 0 spiro atoms. The number of hydrogen-bond donors (Lipinski definition) is 0. The zero-order valence-electron chi connectivity index (χ0n) is 11.1. The van der Waals surface area contributed by atoms with E-state index in [2.05, 4.69) is 23.2 Å². The summed E-state index contributed by atoms with van der Waals surface area (Å²) in [5.41, 5.74) is 0.893. The number of carbonyl (C=O) groups is 1. The Morgan fingerprint density at radius 2 is 2.16 bits per heavy atom. The smallest absolute Gasteiger partial charge is 0.438 e. The van der Waals surface area contributed by atoms with E-state index >= 15 is 0 Å². The van der Waals surface area contributed by atoms with Crippen LogP contribution in [0.1, 0.15) is 24.8 Å². The molecule has 0 aliphatic heterocycles. The molecule has 1 aromatic carbocycles. The third-order valence-corrected chi connectivity index (χ3v) is 2.43. The summed E-state index contributed by atoms with van der Waals surface area (Å²) in [7, 11) is 1.29. The van der Waals surface area contributed by atoms with Crippen molar-refractivity contribution in [2.75, 3.05) is 7.11 Å². The van der Waals surface area contributed by atoms with E-state index in [0.29, 0.717) is 6.42 Å². The van der Waals surface area contributed by atoms with Crippen molar-refractivity contribution < 1.29 is 14.3 Å². The number of hydrogen-bond acceptors (Lipinski definition) is 3. The summed E-state index contributed by atoms with van der Waals surface area (Å²) >= 11 is 0. The molecule has 0 saturated heterocycles. The fraction of sp³-hybridized carbons (Fsp3) is 0.312. The van der Waals surface area contributed by atoms with Gasteiger partial charge in [0.2, 0.25) is 0 Å². The number of allylic oxidation sites excluding steroid dienone is 1. The average molecular weight is 258 g/mol. The molecule has 0 aromatic heterocycles. The maximum absolute atomic E-state index is 11.1. The Hall–Kier alpha value is -2.21. The fourth-order valence-electron chi connectivity index (χ4n) is 1.46. The Balaban J connectivity index is 2.64.